The minimum atomic E-state index is -0.432. The van der Waals surface area contributed by atoms with Crippen LogP contribution in [-0.4, -0.2) is 51.1 Å². The van der Waals surface area contributed by atoms with Gasteiger partial charge in [0.15, 0.2) is 5.82 Å². The maximum Gasteiger partial charge on any atom is 0.341 e. The lowest BCUT2D eigenvalue weighted by molar-refractivity contribution is -0.113. The first-order chi connectivity index (χ1) is 14.5. The van der Waals surface area contributed by atoms with Crippen LogP contribution in [0.2, 0.25) is 0 Å². The van der Waals surface area contributed by atoms with Crippen LogP contribution in [0.4, 0.5) is 5.69 Å². The van der Waals surface area contributed by atoms with Crippen LogP contribution in [0.3, 0.4) is 0 Å². The number of hydrogen-bond donors (Lipinski definition) is 1. The van der Waals surface area contributed by atoms with Gasteiger partial charge >= 0.3 is 5.97 Å². The number of anilines is 1. The van der Waals surface area contributed by atoms with Gasteiger partial charge in [-0.05, 0) is 26.0 Å². The molecule has 10 heteroatoms. The van der Waals surface area contributed by atoms with Crippen molar-refractivity contribution in [3.63, 3.8) is 0 Å². The fourth-order valence-corrected chi connectivity index (χ4v) is 3.26. The number of aromatic nitrogens is 4. The predicted octanol–water partition coefficient (Wildman–Crippen LogP) is 2.89. The Labute approximate surface area is 177 Å². The molecule has 30 heavy (non-hydrogen) atoms. The molecule has 0 aliphatic rings. The van der Waals surface area contributed by atoms with Crippen molar-refractivity contribution in [1.29, 1.82) is 0 Å². The quantitative estimate of drug-likeness (QED) is 0.332. The van der Waals surface area contributed by atoms with Gasteiger partial charge < -0.3 is 14.8 Å². The van der Waals surface area contributed by atoms with E-state index in [2.05, 4.69) is 20.4 Å². The number of esters is 1. The fraction of sp³-hybridized carbons (Fsp3) is 0.250. The second kappa shape index (κ2) is 9.88. The van der Waals surface area contributed by atoms with Crippen LogP contribution < -0.4 is 10.1 Å². The topological polar surface area (TPSA) is 108 Å². The molecule has 3 rings (SSSR count). The molecule has 0 fully saturated rings. The van der Waals surface area contributed by atoms with Crippen molar-refractivity contribution < 1.29 is 19.1 Å². The van der Waals surface area contributed by atoms with Crippen molar-refractivity contribution in [3.05, 3.63) is 54.1 Å². The zero-order valence-corrected chi connectivity index (χ0v) is 17.6. The van der Waals surface area contributed by atoms with Gasteiger partial charge in [0.2, 0.25) is 5.91 Å². The number of benzene rings is 1. The Hall–Kier alpha value is -3.40. The second-order valence-electron chi connectivity index (χ2n) is 6.04. The molecule has 0 atom stereocenters. The summed E-state index contributed by atoms with van der Waals surface area (Å²) < 4.78 is 11.8. The van der Waals surface area contributed by atoms with Crippen LogP contribution >= 0.6 is 11.8 Å². The molecule has 1 aromatic carbocycles. The molecule has 2 heterocycles. The van der Waals surface area contributed by atoms with Crippen molar-refractivity contribution >= 4 is 29.3 Å². The Kier molecular flexibility index (Phi) is 7.02. The van der Waals surface area contributed by atoms with Crippen molar-refractivity contribution in [3.8, 4) is 11.6 Å². The number of methoxy groups -OCH3 is 1. The van der Waals surface area contributed by atoms with Crippen LogP contribution in [0.15, 0.2) is 47.9 Å². The van der Waals surface area contributed by atoms with E-state index in [0.29, 0.717) is 33.5 Å². The Morgan fingerprint density at radius 1 is 1.23 bits per heavy atom. The first-order valence-electron chi connectivity index (χ1n) is 9.13. The van der Waals surface area contributed by atoms with E-state index < -0.39 is 5.97 Å². The number of thioether (sulfide) groups is 1. The lowest BCUT2D eigenvalue weighted by Gasteiger charge is -2.09. The van der Waals surface area contributed by atoms with Crippen LogP contribution in [0.5, 0.6) is 5.75 Å². The molecular formula is C20H21N5O4S. The number of carbonyl (C=O) groups excluding carboxylic acids is 2. The molecule has 0 saturated heterocycles. The fourth-order valence-electron chi connectivity index (χ4n) is 2.59. The minimum Gasteiger partial charge on any atom is -0.495 e. The molecule has 0 unspecified atom stereocenters. The summed E-state index contributed by atoms with van der Waals surface area (Å²) in [4.78, 5) is 32.7. The lowest BCUT2D eigenvalue weighted by Crippen LogP contribution is -2.14. The van der Waals surface area contributed by atoms with E-state index in [9.17, 15) is 9.59 Å². The summed E-state index contributed by atoms with van der Waals surface area (Å²) in [6.45, 7) is 3.76. The van der Waals surface area contributed by atoms with E-state index in [1.165, 1.54) is 22.8 Å². The van der Waals surface area contributed by atoms with Crippen LogP contribution in [0.1, 0.15) is 23.0 Å². The van der Waals surface area contributed by atoms with Gasteiger partial charge in [0.1, 0.15) is 22.7 Å². The normalized spacial score (nSPS) is 10.5. The van der Waals surface area contributed by atoms with Crippen LogP contribution in [-0.2, 0) is 9.53 Å². The molecule has 0 radical (unpaired) electrons. The largest absolute Gasteiger partial charge is 0.495 e. The SMILES string of the molecule is CCOC(=O)c1cn(-c2cc(SCC(=O)Nc3ccccc3OC)ncn2)nc1C. The first-order valence-corrected chi connectivity index (χ1v) is 10.1. The third-order valence-corrected chi connectivity index (χ3v) is 4.91. The molecule has 2 aromatic heterocycles. The number of hydrogen-bond acceptors (Lipinski definition) is 8. The summed E-state index contributed by atoms with van der Waals surface area (Å²) in [6, 6.07) is 8.89. The number of amides is 1. The number of rotatable bonds is 8. The van der Waals surface area contributed by atoms with Crippen molar-refractivity contribution in [2.75, 3.05) is 24.8 Å². The Balaban J connectivity index is 1.67. The Bertz CT molecular complexity index is 1050. The average Bonchev–Trinajstić information content (AvgIpc) is 3.15. The van der Waals surface area contributed by atoms with Gasteiger partial charge in [0.05, 0.1) is 30.9 Å². The number of ether oxygens (including phenoxy) is 2. The third kappa shape index (κ3) is 5.15. The summed E-state index contributed by atoms with van der Waals surface area (Å²) in [5.41, 5.74) is 1.52. The predicted molar refractivity (Wildman–Crippen MR) is 112 cm³/mol. The molecule has 3 aromatic rings. The number of para-hydroxylation sites is 2. The maximum atomic E-state index is 12.3. The van der Waals surface area contributed by atoms with E-state index in [-0.39, 0.29) is 18.3 Å². The van der Waals surface area contributed by atoms with E-state index in [4.69, 9.17) is 9.47 Å². The molecule has 0 saturated carbocycles. The van der Waals surface area contributed by atoms with Gasteiger partial charge in [0.25, 0.3) is 0 Å². The minimum absolute atomic E-state index is 0.153. The van der Waals surface area contributed by atoms with Gasteiger partial charge in [0, 0.05) is 12.3 Å². The molecule has 1 N–H and O–H groups in total. The Morgan fingerprint density at radius 2 is 2.03 bits per heavy atom. The van der Waals surface area contributed by atoms with E-state index >= 15 is 0 Å². The molecule has 0 aliphatic carbocycles. The van der Waals surface area contributed by atoms with Crippen LogP contribution in [0, 0.1) is 6.92 Å². The zero-order valence-electron chi connectivity index (χ0n) is 16.8. The maximum absolute atomic E-state index is 12.3. The highest BCUT2D eigenvalue weighted by Gasteiger charge is 2.16. The lowest BCUT2D eigenvalue weighted by atomic mass is 10.3. The first kappa shape index (κ1) is 21.3. The number of nitrogens with one attached hydrogen (secondary N) is 1. The molecule has 0 spiro atoms. The summed E-state index contributed by atoms with van der Waals surface area (Å²) in [6.07, 6.45) is 2.95. The van der Waals surface area contributed by atoms with Crippen molar-refractivity contribution in [2.45, 2.75) is 18.9 Å². The number of aryl methyl sites for hydroxylation is 1. The standard InChI is InChI=1S/C20H21N5O4S/c1-4-29-20(27)14-10-25(24-13(14)2)17-9-19(22-12-21-17)30-11-18(26)23-15-7-5-6-8-16(15)28-3/h5-10,12H,4,11H2,1-3H3,(H,23,26). The third-order valence-electron chi connectivity index (χ3n) is 3.99. The Morgan fingerprint density at radius 3 is 2.80 bits per heavy atom. The average molecular weight is 427 g/mol. The summed E-state index contributed by atoms with van der Waals surface area (Å²) in [5.74, 6) is 0.603. The highest BCUT2D eigenvalue weighted by Crippen LogP contribution is 2.24. The van der Waals surface area contributed by atoms with E-state index in [1.807, 2.05) is 12.1 Å². The smallest absolute Gasteiger partial charge is 0.341 e. The molecule has 0 aliphatic heterocycles. The molecule has 0 bridgehead atoms. The zero-order chi connectivity index (χ0) is 21.5. The van der Waals surface area contributed by atoms with Gasteiger partial charge in [-0.2, -0.15) is 5.10 Å². The highest BCUT2D eigenvalue weighted by molar-refractivity contribution is 7.99. The number of carbonyl (C=O) groups is 2. The summed E-state index contributed by atoms with van der Waals surface area (Å²) in [7, 11) is 1.55. The molecular weight excluding hydrogens is 406 g/mol. The van der Waals surface area contributed by atoms with Crippen molar-refractivity contribution in [1.82, 2.24) is 19.7 Å². The van der Waals surface area contributed by atoms with Crippen LogP contribution in [0.25, 0.3) is 5.82 Å². The second-order valence-corrected chi connectivity index (χ2v) is 7.04. The molecule has 9 nitrogen and oxygen atoms in total. The van der Waals surface area contributed by atoms with Gasteiger partial charge in [-0.1, -0.05) is 23.9 Å². The molecule has 1 amide bonds. The van der Waals surface area contributed by atoms with Gasteiger partial charge in [-0.15, -0.1) is 0 Å². The van der Waals surface area contributed by atoms with Gasteiger partial charge in [-0.3, -0.25) is 4.79 Å². The van der Waals surface area contributed by atoms with Crippen molar-refractivity contribution in [2.24, 2.45) is 0 Å². The van der Waals surface area contributed by atoms with E-state index in [1.54, 1.807) is 45.4 Å². The summed E-state index contributed by atoms with van der Waals surface area (Å²) in [5, 5.41) is 7.73. The highest BCUT2D eigenvalue weighted by atomic mass is 32.2. The monoisotopic (exact) mass is 427 g/mol. The number of nitrogens with zero attached hydrogens (tertiary/aromatic N) is 4. The molecule has 156 valence electrons. The van der Waals surface area contributed by atoms with Gasteiger partial charge in [-0.25, -0.2) is 19.4 Å². The van der Waals surface area contributed by atoms with E-state index in [0.717, 1.165) is 0 Å². The summed E-state index contributed by atoms with van der Waals surface area (Å²) >= 11 is 1.26.